The van der Waals surface area contributed by atoms with Gasteiger partial charge in [-0.05, 0) is 5.41 Å². The molecule has 144 valence electrons. The van der Waals surface area contributed by atoms with Crippen molar-refractivity contribution >= 4 is 23.0 Å². The van der Waals surface area contributed by atoms with E-state index < -0.39 is 56.1 Å². The molecule has 0 fully saturated rings. The molecule has 0 spiro atoms. The predicted molar refractivity (Wildman–Crippen MR) is 83.6 cm³/mol. The van der Waals surface area contributed by atoms with E-state index in [-0.39, 0.29) is 12.1 Å². The minimum Gasteiger partial charge on any atom is -0.467 e. The maximum atomic E-state index is 12.9. The number of nitrogens with zero attached hydrogens (tertiary/aromatic N) is 2. The Morgan fingerprint density at radius 3 is 1.81 bits per heavy atom. The van der Waals surface area contributed by atoms with Crippen LogP contribution in [-0.4, -0.2) is 29.0 Å². The van der Waals surface area contributed by atoms with Crippen LogP contribution in [0.3, 0.4) is 0 Å². The first-order chi connectivity index (χ1) is 11.7. The maximum absolute atomic E-state index is 12.9. The highest BCUT2D eigenvalue weighted by Gasteiger charge is 2.40. The molecule has 0 aliphatic heterocycles. The molecule has 1 aromatic rings. The molecule has 1 aromatic carbocycles. The van der Waals surface area contributed by atoms with E-state index >= 15 is 0 Å². The minimum absolute atomic E-state index is 0.173. The molecule has 0 aromatic heterocycles. The monoisotopic (exact) mass is 379 g/mol. The average molecular weight is 379 g/mol. The molecule has 0 heterocycles. The van der Waals surface area contributed by atoms with Gasteiger partial charge in [-0.25, -0.2) is 4.79 Å². The molecular weight excluding hydrogens is 363 g/mol. The summed E-state index contributed by atoms with van der Waals surface area (Å²) in [5, 5.41) is 24.7. The van der Waals surface area contributed by atoms with Gasteiger partial charge in [0.05, 0.1) is 22.5 Å². The van der Waals surface area contributed by atoms with Gasteiger partial charge in [-0.2, -0.15) is 13.2 Å². The molecule has 26 heavy (non-hydrogen) atoms. The van der Waals surface area contributed by atoms with Gasteiger partial charge in [0.25, 0.3) is 11.4 Å². The van der Waals surface area contributed by atoms with Gasteiger partial charge in [0, 0.05) is 12.1 Å². The van der Waals surface area contributed by atoms with Crippen LogP contribution in [0, 0.1) is 25.6 Å². The summed E-state index contributed by atoms with van der Waals surface area (Å²) in [4.78, 5) is 32.0. The van der Waals surface area contributed by atoms with Crippen LogP contribution < -0.4 is 5.32 Å². The van der Waals surface area contributed by atoms with Crippen molar-refractivity contribution in [2.24, 2.45) is 5.41 Å². The summed E-state index contributed by atoms with van der Waals surface area (Å²) in [6.45, 7) is 4.63. The summed E-state index contributed by atoms with van der Waals surface area (Å²) in [5.41, 5.74) is -5.63. The number of carbonyl (C=O) groups is 1. The molecule has 12 heteroatoms. The fraction of sp³-hybridized carbons (Fsp3) is 0.500. The number of halogens is 3. The van der Waals surface area contributed by atoms with Crippen LogP contribution in [0.4, 0.5) is 30.2 Å². The summed E-state index contributed by atoms with van der Waals surface area (Å²) < 4.78 is 43.3. The number of alkyl halides is 3. The molecule has 0 aliphatic carbocycles. The van der Waals surface area contributed by atoms with Crippen molar-refractivity contribution < 1.29 is 32.5 Å². The topological polar surface area (TPSA) is 125 Å². The van der Waals surface area contributed by atoms with Gasteiger partial charge in [0.2, 0.25) is 0 Å². The number of nitrogens with one attached hydrogen (secondary N) is 1. The van der Waals surface area contributed by atoms with Crippen LogP contribution in [0.25, 0.3) is 0 Å². The molecule has 0 unspecified atom stereocenters. The lowest BCUT2D eigenvalue weighted by Crippen LogP contribution is -2.42. The summed E-state index contributed by atoms with van der Waals surface area (Å²) in [7, 11) is 1.04. The van der Waals surface area contributed by atoms with E-state index in [0.717, 1.165) is 7.11 Å². The molecule has 0 aliphatic rings. The SMILES string of the molecule is COC(=O)[C@H](Nc1c([N+](=O)[O-])cc(C(F)(F)F)cc1[N+](=O)[O-])C(C)(C)C. The number of hydrogen-bond donors (Lipinski definition) is 1. The minimum atomic E-state index is -5.03. The van der Waals surface area contributed by atoms with E-state index in [1.165, 1.54) is 0 Å². The number of esters is 1. The number of hydrogen-bond acceptors (Lipinski definition) is 7. The second kappa shape index (κ2) is 7.14. The normalized spacial score (nSPS) is 13.0. The quantitative estimate of drug-likeness (QED) is 0.471. The number of nitro groups is 2. The van der Waals surface area contributed by atoms with Crippen molar-refractivity contribution in [3.8, 4) is 0 Å². The number of ether oxygens (including phenoxy) is 1. The molecule has 0 radical (unpaired) electrons. The first-order valence-corrected chi connectivity index (χ1v) is 7.08. The number of carbonyl (C=O) groups excluding carboxylic acids is 1. The fourth-order valence-corrected chi connectivity index (χ4v) is 2.10. The Morgan fingerprint density at radius 2 is 1.54 bits per heavy atom. The zero-order chi connectivity index (χ0) is 20.4. The lowest BCUT2D eigenvalue weighted by molar-refractivity contribution is -0.392. The molecule has 1 rings (SSSR count). The molecule has 0 saturated heterocycles. The Bertz CT molecular complexity index is 707. The number of methoxy groups -OCH3 is 1. The highest BCUT2D eigenvalue weighted by atomic mass is 19.4. The van der Waals surface area contributed by atoms with E-state index in [1.807, 2.05) is 0 Å². The smallest absolute Gasteiger partial charge is 0.416 e. The van der Waals surface area contributed by atoms with Crippen molar-refractivity contribution in [3.63, 3.8) is 0 Å². The van der Waals surface area contributed by atoms with Gasteiger partial charge in [0.1, 0.15) is 6.04 Å². The van der Waals surface area contributed by atoms with Crippen LogP contribution in [-0.2, 0) is 15.7 Å². The zero-order valence-electron chi connectivity index (χ0n) is 14.2. The number of anilines is 1. The Labute approximate surface area is 145 Å². The third-order valence-electron chi connectivity index (χ3n) is 3.41. The molecule has 0 amide bonds. The average Bonchev–Trinajstić information content (AvgIpc) is 2.48. The standard InChI is InChI=1S/C14H16F3N3O6/c1-13(2,3)11(12(21)26-4)18-10-8(19(22)23)5-7(14(15,16)17)6-9(10)20(24)25/h5-6,11,18H,1-4H3/t11-/m0/s1. The third-order valence-corrected chi connectivity index (χ3v) is 3.41. The first kappa shape index (κ1) is 21.1. The van der Waals surface area contributed by atoms with Gasteiger partial charge in [-0.15, -0.1) is 0 Å². The predicted octanol–water partition coefficient (Wildman–Crippen LogP) is 3.52. The molecule has 1 N–H and O–H groups in total. The lowest BCUT2D eigenvalue weighted by atomic mass is 9.86. The Kier molecular flexibility index (Phi) is 5.80. The van der Waals surface area contributed by atoms with E-state index in [9.17, 15) is 38.2 Å². The molecular formula is C14H16F3N3O6. The van der Waals surface area contributed by atoms with E-state index in [2.05, 4.69) is 10.1 Å². The van der Waals surface area contributed by atoms with Crippen molar-refractivity contribution in [2.45, 2.75) is 33.0 Å². The second-order valence-corrected chi connectivity index (χ2v) is 6.37. The number of benzene rings is 1. The summed E-state index contributed by atoms with van der Waals surface area (Å²) in [5.74, 6) is -0.888. The zero-order valence-corrected chi connectivity index (χ0v) is 14.2. The van der Waals surface area contributed by atoms with Gasteiger partial charge in [-0.1, -0.05) is 20.8 Å². The summed E-state index contributed by atoms with van der Waals surface area (Å²) in [6.07, 6.45) is -5.03. The van der Waals surface area contributed by atoms with Gasteiger partial charge < -0.3 is 10.1 Å². The lowest BCUT2D eigenvalue weighted by Gasteiger charge is -2.29. The van der Waals surface area contributed by atoms with Crippen LogP contribution in [0.1, 0.15) is 26.3 Å². The van der Waals surface area contributed by atoms with Crippen LogP contribution in [0.2, 0.25) is 0 Å². The van der Waals surface area contributed by atoms with Crippen LogP contribution >= 0.6 is 0 Å². The second-order valence-electron chi connectivity index (χ2n) is 6.37. The first-order valence-electron chi connectivity index (χ1n) is 7.08. The number of rotatable bonds is 5. The summed E-state index contributed by atoms with van der Waals surface area (Å²) in [6, 6.07) is -0.944. The largest absolute Gasteiger partial charge is 0.467 e. The summed E-state index contributed by atoms with van der Waals surface area (Å²) >= 11 is 0. The van der Waals surface area contributed by atoms with E-state index in [1.54, 1.807) is 20.8 Å². The highest BCUT2D eigenvalue weighted by molar-refractivity contribution is 5.84. The van der Waals surface area contributed by atoms with Crippen molar-refractivity contribution in [2.75, 3.05) is 12.4 Å². The van der Waals surface area contributed by atoms with E-state index in [4.69, 9.17) is 0 Å². The van der Waals surface area contributed by atoms with Gasteiger partial charge in [-0.3, -0.25) is 20.2 Å². The highest BCUT2D eigenvalue weighted by Crippen LogP contribution is 2.42. The van der Waals surface area contributed by atoms with Crippen LogP contribution in [0.5, 0.6) is 0 Å². The Morgan fingerprint density at radius 1 is 1.12 bits per heavy atom. The van der Waals surface area contributed by atoms with Gasteiger partial charge >= 0.3 is 12.1 Å². The molecule has 0 saturated carbocycles. The van der Waals surface area contributed by atoms with E-state index in [0.29, 0.717) is 0 Å². The molecule has 1 atom stereocenters. The molecule has 9 nitrogen and oxygen atoms in total. The fourth-order valence-electron chi connectivity index (χ4n) is 2.10. The van der Waals surface area contributed by atoms with Crippen LogP contribution in [0.15, 0.2) is 12.1 Å². The Hall–Kier alpha value is -2.92. The van der Waals surface area contributed by atoms with Gasteiger partial charge in [0.15, 0.2) is 5.69 Å². The van der Waals surface area contributed by atoms with Crippen molar-refractivity contribution in [1.82, 2.24) is 0 Å². The Balaban J connectivity index is 3.70. The van der Waals surface area contributed by atoms with Crippen molar-refractivity contribution in [3.05, 3.63) is 37.9 Å². The number of nitro benzene ring substituents is 2. The molecule has 0 bridgehead atoms. The van der Waals surface area contributed by atoms with Crippen molar-refractivity contribution in [1.29, 1.82) is 0 Å². The third kappa shape index (κ3) is 4.58. The maximum Gasteiger partial charge on any atom is 0.416 e.